The molecule has 0 saturated heterocycles. The van der Waals surface area contributed by atoms with Gasteiger partial charge < -0.3 is 29.2 Å². The molecule has 4 rings (SSSR count). The molecule has 0 bridgehead atoms. The van der Waals surface area contributed by atoms with Crippen LogP contribution in [0.3, 0.4) is 0 Å². The Bertz CT molecular complexity index is 1120. The summed E-state index contributed by atoms with van der Waals surface area (Å²) in [4.78, 5) is 0. The van der Waals surface area contributed by atoms with Crippen LogP contribution in [0.5, 0.6) is 34.5 Å². The van der Waals surface area contributed by atoms with Gasteiger partial charge in [0.05, 0.1) is 28.4 Å². The number of unbranched alkanes of at least 4 members (excludes halogenated alkanes) is 2. The van der Waals surface area contributed by atoms with Gasteiger partial charge in [-0.15, -0.1) is 0 Å². The van der Waals surface area contributed by atoms with Crippen LogP contribution in [0.25, 0.3) is 0 Å². The number of aryl methyl sites for hydroxylation is 4. The van der Waals surface area contributed by atoms with Gasteiger partial charge in [-0.05, 0) is 35.8 Å². The Morgan fingerprint density at radius 3 is 1.07 bits per heavy atom. The molecule has 0 N–H and O–H groups in total. The number of rotatable bonds is 10. The summed E-state index contributed by atoms with van der Waals surface area (Å²) >= 11 is 0. The normalized spacial score (nSPS) is 9.49. The molecule has 0 atom stereocenters. The van der Waals surface area contributed by atoms with E-state index in [4.69, 9.17) is 18.9 Å². The van der Waals surface area contributed by atoms with E-state index in [-0.39, 0.29) is 37.7 Å². The zero-order chi connectivity index (χ0) is 31.3. The van der Waals surface area contributed by atoms with E-state index in [9.17, 15) is 10.2 Å². The van der Waals surface area contributed by atoms with Crippen molar-refractivity contribution in [2.45, 2.75) is 66.2 Å². The van der Waals surface area contributed by atoms with Crippen LogP contribution < -0.4 is 29.2 Å². The molecule has 0 aliphatic carbocycles. The molecule has 0 aromatic heterocycles. The van der Waals surface area contributed by atoms with Crippen molar-refractivity contribution >= 4 is 0 Å². The summed E-state index contributed by atoms with van der Waals surface area (Å²) in [6.45, 7) is 8.76. The minimum absolute atomic E-state index is 0. The molecule has 0 radical (unpaired) electrons. The summed E-state index contributed by atoms with van der Waals surface area (Å²) in [7, 11) is 5.82. The molecule has 4 aromatic rings. The average molecular weight is 668 g/mol. The number of hydrogen-bond donors (Lipinski definition) is 0. The van der Waals surface area contributed by atoms with Crippen LogP contribution in [0.4, 0.5) is 0 Å². The maximum Gasteiger partial charge on any atom is 4.00 e. The van der Waals surface area contributed by atoms with Gasteiger partial charge in [-0.2, -0.15) is 35.4 Å². The van der Waals surface area contributed by atoms with Crippen molar-refractivity contribution in [1.82, 2.24) is 0 Å². The Morgan fingerprint density at radius 1 is 0.558 bits per heavy atom. The maximum absolute atomic E-state index is 11.2. The van der Waals surface area contributed by atoms with Gasteiger partial charge in [-0.3, -0.25) is 0 Å². The second kappa shape index (κ2) is 23.3. The van der Waals surface area contributed by atoms with E-state index in [0.29, 0.717) is 23.0 Å². The van der Waals surface area contributed by atoms with Gasteiger partial charge in [0, 0.05) is 0 Å². The molecule has 0 amide bonds. The van der Waals surface area contributed by atoms with Crippen molar-refractivity contribution < 1.29 is 55.4 Å². The molecule has 6 nitrogen and oxygen atoms in total. The molecule has 0 spiro atoms. The van der Waals surface area contributed by atoms with Crippen molar-refractivity contribution in [3.8, 4) is 34.5 Å². The first kappa shape index (κ1) is 39.8. The van der Waals surface area contributed by atoms with Crippen molar-refractivity contribution in [1.29, 1.82) is 0 Å². The van der Waals surface area contributed by atoms with Gasteiger partial charge in [0.2, 0.25) is 0 Å². The third-order valence-electron chi connectivity index (χ3n) is 6.35. The van der Waals surface area contributed by atoms with Crippen molar-refractivity contribution in [3.05, 3.63) is 95.1 Å². The van der Waals surface area contributed by atoms with Gasteiger partial charge in [-0.25, -0.2) is 23.3 Å². The van der Waals surface area contributed by atoms with Crippen molar-refractivity contribution in [2.24, 2.45) is 0 Å². The second-order valence-corrected chi connectivity index (χ2v) is 9.78. The van der Waals surface area contributed by atoms with E-state index in [2.05, 4.69) is 64.1 Å². The van der Waals surface area contributed by atoms with Crippen LogP contribution in [0.2, 0.25) is 0 Å². The number of benzene rings is 2. The summed E-state index contributed by atoms with van der Waals surface area (Å²) in [5.74, 6) is 0.817. The van der Waals surface area contributed by atoms with Crippen LogP contribution in [0.15, 0.2) is 72.8 Å². The van der Waals surface area contributed by atoms with Crippen LogP contribution >= 0.6 is 0 Å². The summed E-state index contributed by atoms with van der Waals surface area (Å²) in [5, 5.41) is 22.4. The van der Waals surface area contributed by atoms with Crippen LogP contribution in [0.1, 0.15) is 61.8 Å². The van der Waals surface area contributed by atoms with Gasteiger partial charge in [0.25, 0.3) is 0 Å². The fourth-order valence-electron chi connectivity index (χ4n) is 3.96. The Kier molecular flexibility index (Phi) is 21.6. The van der Waals surface area contributed by atoms with Crippen LogP contribution in [0, 0.1) is 13.8 Å². The molecule has 0 heterocycles. The summed E-state index contributed by atoms with van der Waals surface area (Å²) in [6.07, 6.45) is 7.75. The fourth-order valence-corrected chi connectivity index (χ4v) is 3.96. The molecule has 0 fully saturated rings. The Hall–Kier alpha value is -3.18. The quantitative estimate of drug-likeness (QED) is 0.162. The van der Waals surface area contributed by atoms with E-state index < -0.39 is 0 Å². The van der Waals surface area contributed by atoms with Crippen LogP contribution in [-0.4, -0.2) is 28.4 Å². The van der Waals surface area contributed by atoms with Gasteiger partial charge in [0.15, 0.2) is 0 Å². The zero-order valence-electron chi connectivity index (χ0n) is 27.1. The van der Waals surface area contributed by atoms with Gasteiger partial charge in [-0.1, -0.05) is 78.4 Å². The van der Waals surface area contributed by atoms with Crippen molar-refractivity contribution in [3.63, 3.8) is 0 Å². The Balaban J connectivity index is 0.000000543. The summed E-state index contributed by atoms with van der Waals surface area (Å²) in [5.41, 5.74) is 5.79. The third kappa shape index (κ3) is 15.2. The first-order valence-electron chi connectivity index (χ1n) is 14.4. The van der Waals surface area contributed by atoms with E-state index in [1.165, 1.54) is 89.2 Å². The molecule has 7 heteroatoms. The number of ether oxygens (including phenoxy) is 4. The molecule has 0 saturated carbocycles. The summed E-state index contributed by atoms with van der Waals surface area (Å²) < 4.78 is 19.2. The molecule has 43 heavy (non-hydrogen) atoms. The number of para-hydroxylation sites is 2. The number of hydrogen-bond acceptors (Lipinski definition) is 6. The molecule has 0 aliphatic rings. The maximum atomic E-state index is 11.2. The Morgan fingerprint density at radius 2 is 0.860 bits per heavy atom. The standard InChI is InChI=1S/2C10H15.2C8H10O3.Zr/c2*1-3-4-5-10-7-6-9(2)8-10;2*1-10-6-4-3-5-7(11-2)8(6)9;/h2*6-8H,3-5H2,1-2H3;2*3-5,9H,1-2H3;/q2*-1;;;+4/p-2. The first-order valence-corrected chi connectivity index (χ1v) is 14.4. The van der Waals surface area contributed by atoms with Crippen LogP contribution in [-0.2, 0) is 39.0 Å². The minimum Gasteiger partial charge on any atom is -0.867 e. The smallest absolute Gasteiger partial charge is 0.867 e. The predicted molar refractivity (Wildman–Crippen MR) is 169 cm³/mol. The third-order valence-corrected chi connectivity index (χ3v) is 6.35. The molecule has 4 aromatic carbocycles. The van der Waals surface area contributed by atoms with Crippen molar-refractivity contribution in [2.75, 3.05) is 28.4 Å². The molecular formula is C36H48O6Zr. The minimum atomic E-state index is -0.211. The molecule has 232 valence electrons. The molecule has 0 unspecified atom stereocenters. The largest absolute Gasteiger partial charge is 4.00 e. The van der Waals surface area contributed by atoms with E-state index in [1.54, 1.807) is 36.4 Å². The monoisotopic (exact) mass is 666 g/mol. The van der Waals surface area contributed by atoms with Gasteiger partial charge in [0.1, 0.15) is 23.0 Å². The van der Waals surface area contributed by atoms with E-state index in [1.807, 2.05) is 0 Å². The SMILES string of the molecule is CCCC[c-]1ccc(C)c1.CCCC[c-]1ccc(C)c1.COc1cccc(OC)c1[O-].COc1cccc(OC)c1[O-].[Zr+4]. The summed E-state index contributed by atoms with van der Waals surface area (Å²) in [6, 6.07) is 23.2. The number of methoxy groups -OCH3 is 4. The average Bonchev–Trinajstić information content (AvgIpc) is 3.63. The fraction of sp³-hybridized carbons (Fsp3) is 0.389. The molecule has 0 aliphatic heterocycles. The second-order valence-electron chi connectivity index (χ2n) is 9.78. The topological polar surface area (TPSA) is 83.0 Å². The predicted octanol–water partition coefficient (Wildman–Crippen LogP) is 7.67. The zero-order valence-corrected chi connectivity index (χ0v) is 29.6. The van der Waals surface area contributed by atoms with E-state index in [0.717, 1.165) is 0 Å². The van der Waals surface area contributed by atoms with Gasteiger partial charge >= 0.3 is 26.2 Å². The Labute approximate surface area is 278 Å². The first-order chi connectivity index (χ1) is 20.2. The van der Waals surface area contributed by atoms with E-state index >= 15 is 0 Å². The molecular weight excluding hydrogens is 620 g/mol.